The summed E-state index contributed by atoms with van der Waals surface area (Å²) >= 11 is 0. The Hall–Kier alpha value is -1.22. The van der Waals surface area contributed by atoms with Crippen molar-refractivity contribution in [3.63, 3.8) is 0 Å². The van der Waals surface area contributed by atoms with Crippen molar-refractivity contribution in [1.29, 1.82) is 0 Å². The van der Waals surface area contributed by atoms with E-state index in [4.69, 9.17) is 0 Å². The molecule has 3 heteroatoms. The Morgan fingerprint density at radius 3 is 2.29 bits per heavy atom. The zero-order valence-corrected chi connectivity index (χ0v) is 10.9. The highest BCUT2D eigenvalue weighted by molar-refractivity contribution is 5.40. The smallest absolute Gasteiger partial charge is 0.157 e. The summed E-state index contributed by atoms with van der Waals surface area (Å²) in [7, 11) is 0. The van der Waals surface area contributed by atoms with E-state index >= 15 is 0 Å². The Kier molecular flexibility index (Phi) is 5.29. The molecule has 0 aromatic heterocycles. The predicted molar refractivity (Wildman–Crippen MR) is 70.1 cm³/mol. The first-order chi connectivity index (χ1) is 8.08. The maximum atomic E-state index is 9.39. The van der Waals surface area contributed by atoms with E-state index in [2.05, 4.69) is 26.1 Å². The molecule has 1 aromatic carbocycles. The Labute approximate surface area is 103 Å². The van der Waals surface area contributed by atoms with E-state index in [0.717, 1.165) is 5.56 Å². The fourth-order valence-electron chi connectivity index (χ4n) is 2.12. The van der Waals surface area contributed by atoms with Crippen LogP contribution in [-0.2, 0) is 6.54 Å². The van der Waals surface area contributed by atoms with Gasteiger partial charge in [-0.3, -0.25) is 0 Å². The number of aromatic hydroxyl groups is 2. The van der Waals surface area contributed by atoms with Crippen molar-refractivity contribution in [3.05, 3.63) is 23.8 Å². The van der Waals surface area contributed by atoms with Crippen molar-refractivity contribution in [2.24, 2.45) is 5.92 Å². The lowest BCUT2D eigenvalue weighted by atomic mass is 9.95. The van der Waals surface area contributed by atoms with Crippen molar-refractivity contribution in [3.8, 4) is 11.5 Å². The average Bonchev–Trinajstić information content (AvgIpc) is 2.32. The van der Waals surface area contributed by atoms with Gasteiger partial charge in [0, 0.05) is 12.6 Å². The number of nitrogens with one attached hydrogen (secondary N) is 1. The van der Waals surface area contributed by atoms with Gasteiger partial charge in [-0.05, 0) is 30.5 Å². The fourth-order valence-corrected chi connectivity index (χ4v) is 2.12. The summed E-state index contributed by atoms with van der Waals surface area (Å²) in [6.07, 6.45) is 2.34. The molecule has 0 saturated heterocycles. The summed E-state index contributed by atoms with van der Waals surface area (Å²) in [6.45, 7) is 7.32. The molecule has 1 aromatic rings. The lowest BCUT2D eigenvalue weighted by molar-refractivity contribution is 0.352. The largest absolute Gasteiger partial charge is 0.504 e. The molecular formula is C14H23NO2. The average molecular weight is 237 g/mol. The van der Waals surface area contributed by atoms with Crippen molar-refractivity contribution >= 4 is 0 Å². The standard InChI is InChI=1S/C14H23NO2/c1-4-12(5-2)10(3)15-9-11-6-7-13(16)14(17)8-11/h6-8,10,12,15-17H,4-5,9H2,1-3H3. The lowest BCUT2D eigenvalue weighted by Gasteiger charge is -2.22. The van der Waals surface area contributed by atoms with Gasteiger partial charge in [-0.1, -0.05) is 32.8 Å². The molecule has 3 nitrogen and oxygen atoms in total. The fraction of sp³-hybridized carbons (Fsp3) is 0.571. The van der Waals surface area contributed by atoms with Crippen molar-refractivity contribution in [2.45, 2.75) is 46.2 Å². The van der Waals surface area contributed by atoms with Gasteiger partial charge in [0.1, 0.15) is 0 Å². The van der Waals surface area contributed by atoms with Crippen molar-refractivity contribution in [2.75, 3.05) is 0 Å². The summed E-state index contributed by atoms with van der Waals surface area (Å²) < 4.78 is 0. The highest BCUT2D eigenvalue weighted by Gasteiger charge is 2.12. The quantitative estimate of drug-likeness (QED) is 0.667. The topological polar surface area (TPSA) is 52.5 Å². The third-order valence-corrected chi connectivity index (χ3v) is 3.42. The Morgan fingerprint density at radius 1 is 1.12 bits per heavy atom. The van der Waals surface area contributed by atoms with Crippen LogP contribution in [-0.4, -0.2) is 16.3 Å². The third-order valence-electron chi connectivity index (χ3n) is 3.42. The van der Waals surface area contributed by atoms with Crippen LogP contribution in [0.1, 0.15) is 39.2 Å². The van der Waals surface area contributed by atoms with Crippen LogP contribution in [0.4, 0.5) is 0 Å². The second-order valence-electron chi connectivity index (χ2n) is 4.57. The molecule has 0 bridgehead atoms. The van der Waals surface area contributed by atoms with Crippen LogP contribution in [0.3, 0.4) is 0 Å². The third kappa shape index (κ3) is 3.93. The molecule has 17 heavy (non-hydrogen) atoms. The van der Waals surface area contributed by atoms with Gasteiger partial charge in [0.15, 0.2) is 11.5 Å². The predicted octanol–water partition coefficient (Wildman–Crippen LogP) is 3.01. The molecule has 1 atom stereocenters. The van der Waals surface area contributed by atoms with Crippen LogP contribution >= 0.6 is 0 Å². The van der Waals surface area contributed by atoms with E-state index in [9.17, 15) is 10.2 Å². The summed E-state index contributed by atoms with van der Waals surface area (Å²) in [4.78, 5) is 0. The minimum Gasteiger partial charge on any atom is -0.504 e. The monoisotopic (exact) mass is 237 g/mol. The minimum atomic E-state index is -0.0678. The number of phenols is 2. The molecule has 0 aliphatic carbocycles. The highest BCUT2D eigenvalue weighted by Crippen LogP contribution is 2.25. The zero-order valence-electron chi connectivity index (χ0n) is 10.9. The van der Waals surface area contributed by atoms with Gasteiger partial charge in [-0.2, -0.15) is 0 Å². The maximum absolute atomic E-state index is 9.39. The van der Waals surface area contributed by atoms with Gasteiger partial charge in [0.2, 0.25) is 0 Å². The van der Waals surface area contributed by atoms with Crippen LogP contribution in [0.25, 0.3) is 0 Å². The van der Waals surface area contributed by atoms with E-state index in [0.29, 0.717) is 18.5 Å². The van der Waals surface area contributed by atoms with E-state index in [1.807, 2.05) is 6.07 Å². The summed E-state index contributed by atoms with van der Waals surface area (Å²) in [5.41, 5.74) is 0.984. The molecule has 0 saturated carbocycles. The van der Waals surface area contributed by atoms with Crippen molar-refractivity contribution < 1.29 is 10.2 Å². The van der Waals surface area contributed by atoms with Gasteiger partial charge in [-0.15, -0.1) is 0 Å². The minimum absolute atomic E-state index is 0.0560. The van der Waals surface area contributed by atoms with Gasteiger partial charge < -0.3 is 15.5 Å². The maximum Gasteiger partial charge on any atom is 0.157 e. The first kappa shape index (κ1) is 13.8. The first-order valence-corrected chi connectivity index (χ1v) is 6.32. The Bertz CT molecular complexity index is 348. The molecule has 1 unspecified atom stereocenters. The van der Waals surface area contributed by atoms with Gasteiger partial charge in [0.25, 0.3) is 0 Å². The molecule has 0 spiro atoms. The van der Waals surface area contributed by atoms with Crippen LogP contribution in [0.2, 0.25) is 0 Å². The van der Waals surface area contributed by atoms with E-state index in [1.165, 1.54) is 18.9 Å². The number of hydrogen-bond acceptors (Lipinski definition) is 3. The van der Waals surface area contributed by atoms with E-state index in [1.54, 1.807) is 6.07 Å². The molecule has 0 fully saturated rings. The number of hydrogen-bond donors (Lipinski definition) is 3. The lowest BCUT2D eigenvalue weighted by Crippen LogP contribution is -2.32. The summed E-state index contributed by atoms with van der Waals surface area (Å²) in [6, 6.07) is 5.40. The van der Waals surface area contributed by atoms with Gasteiger partial charge in [-0.25, -0.2) is 0 Å². The molecule has 1 rings (SSSR count). The Morgan fingerprint density at radius 2 is 1.76 bits per heavy atom. The Balaban J connectivity index is 2.52. The molecule has 0 aliphatic rings. The number of benzene rings is 1. The molecule has 0 amide bonds. The van der Waals surface area contributed by atoms with Crippen LogP contribution in [0.5, 0.6) is 11.5 Å². The molecule has 96 valence electrons. The summed E-state index contributed by atoms with van der Waals surface area (Å²) in [5.74, 6) is 0.557. The molecule has 3 N–H and O–H groups in total. The number of rotatable bonds is 6. The SMILES string of the molecule is CCC(CC)C(C)NCc1ccc(O)c(O)c1. The van der Waals surface area contributed by atoms with E-state index < -0.39 is 0 Å². The first-order valence-electron chi connectivity index (χ1n) is 6.32. The second kappa shape index (κ2) is 6.50. The second-order valence-corrected chi connectivity index (χ2v) is 4.57. The molecule has 0 heterocycles. The van der Waals surface area contributed by atoms with Crippen LogP contribution in [0, 0.1) is 5.92 Å². The van der Waals surface area contributed by atoms with Crippen molar-refractivity contribution in [1.82, 2.24) is 5.32 Å². The van der Waals surface area contributed by atoms with Gasteiger partial charge >= 0.3 is 0 Å². The number of phenolic OH excluding ortho intramolecular Hbond substituents is 2. The zero-order chi connectivity index (χ0) is 12.8. The molecule has 0 aliphatic heterocycles. The van der Waals surface area contributed by atoms with Crippen LogP contribution in [0.15, 0.2) is 18.2 Å². The van der Waals surface area contributed by atoms with Gasteiger partial charge in [0.05, 0.1) is 0 Å². The van der Waals surface area contributed by atoms with Crippen LogP contribution < -0.4 is 5.32 Å². The summed E-state index contributed by atoms with van der Waals surface area (Å²) in [5, 5.41) is 22.1. The molecular weight excluding hydrogens is 214 g/mol. The molecule has 0 radical (unpaired) electrons. The van der Waals surface area contributed by atoms with E-state index in [-0.39, 0.29) is 11.5 Å². The highest BCUT2D eigenvalue weighted by atomic mass is 16.3. The normalized spacial score (nSPS) is 12.9.